The molecule has 0 aliphatic carbocycles. The molecule has 4 rings (SSSR count). The van der Waals surface area contributed by atoms with Crippen LogP contribution < -0.4 is 0 Å². The molecule has 7 heteroatoms. The number of carbonyl (C=O) groups is 2. The summed E-state index contributed by atoms with van der Waals surface area (Å²) in [5.74, 6) is -0.456. The highest BCUT2D eigenvalue weighted by molar-refractivity contribution is 5.95. The van der Waals surface area contributed by atoms with Gasteiger partial charge in [-0.25, -0.2) is 9.50 Å². The quantitative estimate of drug-likeness (QED) is 0.771. The molecular weight excluding hydrogens is 344 g/mol. The molecule has 1 N–H and O–H groups in total. The standard InChI is InChI=1S/C20H20N4O3/c1-12-7-16(11-24-19(12)21-13(2)22-24)20(27)23-10-15-6-4-3-5-14(15)8-17(23)9-18(25)26/h3-7,11,17H,8-10H2,1-2H3,(H,25,26)/t17-/m0/s1. The first-order chi connectivity index (χ1) is 12.9. The number of pyridine rings is 1. The number of aromatic nitrogens is 3. The lowest BCUT2D eigenvalue weighted by molar-refractivity contribution is -0.138. The molecule has 2 aromatic heterocycles. The summed E-state index contributed by atoms with van der Waals surface area (Å²) in [6.07, 6.45) is 2.13. The summed E-state index contributed by atoms with van der Waals surface area (Å²) in [7, 11) is 0. The Morgan fingerprint density at radius 1 is 1.22 bits per heavy atom. The molecule has 7 nitrogen and oxygen atoms in total. The number of nitrogens with zero attached hydrogens (tertiary/aromatic N) is 4. The van der Waals surface area contributed by atoms with E-state index in [1.165, 1.54) is 0 Å². The Morgan fingerprint density at radius 2 is 1.96 bits per heavy atom. The first kappa shape index (κ1) is 17.2. The molecule has 0 saturated heterocycles. The van der Waals surface area contributed by atoms with E-state index < -0.39 is 5.97 Å². The van der Waals surface area contributed by atoms with E-state index in [1.54, 1.807) is 28.6 Å². The summed E-state index contributed by atoms with van der Waals surface area (Å²) in [5, 5.41) is 13.6. The van der Waals surface area contributed by atoms with Crippen LogP contribution in [0.5, 0.6) is 0 Å². The minimum Gasteiger partial charge on any atom is -0.481 e. The van der Waals surface area contributed by atoms with Gasteiger partial charge in [0.15, 0.2) is 5.65 Å². The second kappa shape index (κ2) is 6.50. The third-order valence-electron chi connectivity index (χ3n) is 5.00. The lowest BCUT2D eigenvalue weighted by Gasteiger charge is -2.36. The summed E-state index contributed by atoms with van der Waals surface area (Å²) in [6, 6.07) is 9.29. The van der Waals surface area contributed by atoms with Crippen LogP contribution in [0.15, 0.2) is 36.5 Å². The highest BCUT2D eigenvalue weighted by Crippen LogP contribution is 2.27. The molecule has 1 amide bonds. The topological polar surface area (TPSA) is 87.8 Å². The third kappa shape index (κ3) is 3.16. The smallest absolute Gasteiger partial charge is 0.305 e. The number of rotatable bonds is 3. The molecule has 0 bridgehead atoms. The lowest BCUT2D eigenvalue weighted by atomic mass is 9.91. The highest BCUT2D eigenvalue weighted by Gasteiger charge is 2.32. The number of carbonyl (C=O) groups excluding carboxylic acids is 1. The van der Waals surface area contributed by atoms with Gasteiger partial charge in [-0.1, -0.05) is 24.3 Å². The van der Waals surface area contributed by atoms with Crippen molar-refractivity contribution in [3.63, 3.8) is 0 Å². The Labute approximate surface area is 156 Å². The van der Waals surface area contributed by atoms with Crippen LogP contribution in [0, 0.1) is 13.8 Å². The molecule has 0 unspecified atom stereocenters. The molecule has 3 aromatic rings. The van der Waals surface area contributed by atoms with Crippen LogP contribution in [0.3, 0.4) is 0 Å². The van der Waals surface area contributed by atoms with Gasteiger partial charge >= 0.3 is 5.97 Å². The number of aryl methyl sites for hydroxylation is 2. The molecule has 3 heterocycles. The Balaban J connectivity index is 1.73. The largest absolute Gasteiger partial charge is 0.481 e. The van der Waals surface area contributed by atoms with Crippen molar-refractivity contribution in [2.24, 2.45) is 0 Å². The fourth-order valence-corrected chi connectivity index (χ4v) is 3.75. The number of fused-ring (bicyclic) bond motifs is 2. The van der Waals surface area contributed by atoms with Crippen LogP contribution in [-0.2, 0) is 17.8 Å². The molecule has 0 spiro atoms. The van der Waals surface area contributed by atoms with Crippen molar-refractivity contribution in [3.8, 4) is 0 Å². The Hall–Kier alpha value is -3.22. The van der Waals surface area contributed by atoms with E-state index in [0.29, 0.717) is 24.4 Å². The molecule has 0 saturated carbocycles. The summed E-state index contributed by atoms with van der Waals surface area (Å²) in [4.78, 5) is 30.7. The van der Waals surface area contributed by atoms with Gasteiger partial charge in [-0.15, -0.1) is 0 Å². The van der Waals surface area contributed by atoms with Gasteiger partial charge in [-0.05, 0) is 43.0 Å². The molecule has 0 radical (unpaired) electrons. The van der Waals surface area contributed by atoms with Gasteiger partial charge in [0.1, 0.15) is 5.82 Å². The Morgan fingerprint density at radius 3 is 2.70 bits per heavy atom. The Bertz CT molecular complexity index is 1060. The van der Waals surface area contributed by atoms with Crippen molar-refractivity contribution in [2.45, 2.75) is 39.3 Å². The number of aliphatic carboxylic acids is 1. The summed E-state index contributed by atoms with van der Waals surface area (Å²) in [5.41, 5.74) is 4.22. The van der Waals surface area contributed by atoms with Crippen molar-refractivity contribution in [1.82, 2.24) is 19.5 Å². The van der Waals surface area contributed by atoms with Crippen molar-refractivity contribution in [1.29, 1.82) is 0 Å². The Kier molecular flexibility index (Phi) is 4.14. The van der Waals surface area contributed by atoms with E-state index in [9.17, 15) is 14.7 Å². The maximum absolute atomic E-state index is 13.3. The number of carboxylic acids is 1. The van der Waals surface area contributed by atoms with E-state index in [2.05, 4.69) is 10.1 Å². The predicted molar refractivity (Wildman–Crippen MR) is 98.5 cm³/mol. The normalized spacial score (nSPS) is 16.4. The monoisotopic (exact) mass is 364 g/mol. The van der Waals surface area contributed by atoms with Gasteiger partial charge < -0.3 is 10.0 Å². The van der Waals surface area contributed by atoms with Crippen LogP contribution in [0.4, 0.5) is 0 Å². The van der Waals surface area contributed by atoms with Crippen LogP contribution in [-0.4, -0.2) is 42.5 Å². The van der Waals surface area contributed by atoms with Crippen LogP contribution in [0.1, 0.15) is 39.3 Å². The molecule has 138 valence electrons. The molecule has 27 heavy (non-hydrogen) atoms. The fourth-order valence-electron chi connectivity index (χ4n) is 3.75. The highest BCUT2D eigenvalue weighted by atomic mass is 16.4. The maximum Gasteiger partial charge on any atom is 0.305 e. The zero-order valence-corrected chi connectivity index (χ0v) is 15.2. The van der Waals surface area contributed by atoms with Crippen molar-refractivity contribution < 1.29 is 14.7 Å². The van der Waals surface area contributed by atoms with E-state index in [4.69, 9.17) is 0 Å². The SMILES string of the molecule is Cc1nc2c(C)cc(C(=O)N3Cc4ccccc4C[C@H]3CC(=O)O)cn2n1. The van der Waals surface area contributed by atoms with Gasteiger partial charge in [0, 0.05) is 18.8 Å². The predicted octanol–water partition coefficient (Wildman–Crippen LogP) is 2.39. The number of amides is 1. The third-order valence-corrected chi connectivity index (χ3v) is 5.00. The summed E-state index contributed by atoms with van der Waals surface area (Å²) < 4.78 is 1.61. The lowest BCUT2D eigenvalue weighted by Crippen LogP contribution is -2.45. The van der Waals surface area contributed by atoms with Crippen LogP contribution in [0.2, 0.25) is 0 Å². The van der Waals surface area contributed by atoms with E-state index in [0.717, 1.165) is 22.3 Å². The number of benzene rings is 1. The number of hydrogen-bond acceptors (Lipinski definition) is 4. The second-order valence-electron chi connectivity index (χ2n) is 7.00. The molecular formula is C20H20N4O3. The molecule has 1 aliphatic rings. The molecule has 1 atom stereocenters. The van der Waals surface area contributed by atoms with E-state index in [-0.39, 0.29) is 18.4 Å². The number of hydrogen-bond donors (Lipinski definition) is 1. The first-order valence-electron chi connectivity index (χ1n) is 8.85. The summed E-state index contributed by atoms with van der Waals surface area (Å²) in [6.45, 7) is 4.10. The molecule has 1 aromatic carbocycles. The van der Waals surface area contributed by atoms with Gasteiger partial charge in [0.2, 0.25) is 0 Å². The van der Waals surface area contributed by atoms with Crippen molar-refractivity contribution >= 4 is 17.5 Å². The number of carboxylic acid groups (broad SMARTS) is 1. The van der Waals surface area contributed by atoms with Crippen molar-refractivity contribution in [2.75, 3.05) is 0 Å². The molecule has 1 aliphatic heterocycles. The maximum atomic E-state index is 13.3. The van der Waals surface area contributed by atoms with Gasteiger partial charge in [0.05, 0.1) is 12.0 Å². The second-order valence-corrected chi connectivity index (χ2v) is 7.00. The summed E-state index contributed by atoms with van der Waals surface area (Å²) >= 11 is 0. The molecule has 0 fully saturated rings. The van der Waals surface area contributed by atoms with Gasteiger partial charge in [-0.3, -0.25) is 9.59 Å². The zero-order valence-electron chi connectivity index (χ0n) is 15.2. The van der Waals surface area contributed by atoms with E-state index >= 15 is 0 Å². The van der Waals surface area contributed by atoms with Gasteiger partial charge in [0.25, 0.3) is 5.91 Å². The van der Waals surface area contributed by atoms with E-state index in [1.807, 2.05) is 31.2 Å². The average molecular weight is 364 g/mol. The van der Waals surface area contributed by atoms with Crippen molar-refractivity contribution in [3.05, 3.63) is 64.6 Å². The minimum atomic E-state index is -0.907. The van der Waals surface area contributed by atoms with Crippen LogP contribution >= 0.6 is 0 Å². The van der Waals surface area contributed by atoms with Crippen LogP contribution in [0.25, 0.3) is 5.65 Å². The zero-order chi connectivity index (χ0) is 19.1. The minimum absolute atomic E-state index is 0.0796. The van der Waals surface area contributed by atoms with Gasteiger partial charge in [-0.2, -0.15) is 5.10 Å². The average Bonchev–Trinajstić information content (AvgIpc) is 3.01. The fraction of sp³-hybridized carbons (Fsp3) is 0.300. The first-order valence-corrected chi connectivity index (χ1v) is 8.85.